The van der Waals surface area contributed by atoms with Gasteiger partial charge in [0.2, 0.25) is 0 Å². The van der Waals surface area contributed by atoms with Crippen molar-refractivity contribution in [2.24, 2.45) is 0 Å². The molecule has 1 heterocycles. The van der Waals surface area contributed by atoms with Gasteiger partial charge in [-0.15, -0.1) is 0 Å². The van der Waals surface area contributed by atoms with Gasteiger partial charge in [-0.25, -0.2) is 14.4 Å². The first-order chi connectivity index (χ1) is 14.1. The van der Waals surface area contributed by atoms with Crippen molar-refractivity contribution < 1.29 is 28.6 Å². The molecule has 1 aromatic rings. The summed E-state index contributed by atoms with van der Waals surface area (Å²) in [4.78, 5) is 37.5. The molecule has 0 aromatic heterocycles. The van der Waals surface area contributed by atoms with Crippen LogP contribution in [0.4, 0.5) is 10.5 Å². The van der Waals surface area contributed by atoms with Crippen LogP contribution in [0.15, 0.2) is 36.0 Å². The van der Waals surface area contributed by atoms with E-state index in [1.54, 1.807) is 4.90 Å². The summed E-state index contributed by atoms with van der Waals surface area (Å²) in [6, 6.07) is 7.52. The second-order valence-corrected chi connectivity index (χ2v) is 8.09. The second kappa shape index (κ2) is 10.1. The normalized spacial score (nSPS) is 17.2. The predicted octanol–water partition coefficient (Wildman–Crippen LogP) is 3.44. The summed E-state index contributed by atoms with van der Waals surface area (Å²) in [6.45, 7) is 6.85. The SMILES string of the molecule is COC(=O)/C=C(/Nc1ccc(C2CCCN(C(=O)OC(C)(C)C)C2)cc1)C(=O)OC. The highest BCUT2D eigenvalue weighted by atomic mass is 16.6. The van der Waals surface area contributed by atoms with Gasteiger partial charge in [-0.1, -0.05) is 12.1 Å². The average Bonchev–Trinajstić information content (AvgIpc) is 2.72. The van der Waals surface area contributed by atoms with Crippen LogP contribution in [0.1, 0.15) is 45.1 Å². The summed E-state index contributed by atoms with van der Waals surface area (Å²) < 4.78 is 14.7. The third kappa shape index (κ3) is 6.79. The third-order valence-electron chi connectivity index (χ3n) is 4.60. The minimum atomic E-state index is -0.676. The quantitative estimate of drug-likeness (QED) is 0.445. The third-order valence-corrected chi connectivity index (χ3v) is 4.60. The van der Waals surface area contributed by atoms with Gasteiger partial charge >= 0.3 is 18.0 Å². The Labute approximate surface area is 177 Å². The summed E-state index contributed by atoms with van der Waals surface area (Å²) >= 11 is 0. The number of amides is 1. The lowest BCUT2D eigenvalue weighted by molar-refractivity contribution is -0.138. The Morgan fingerprint density at radius 3 is 2.33 bits per heavy atom. The number of likely N-dealkylation sites (tertiary alicyclic amines) is 1. The Hall–Kier alpha value is -3.03. The zero-order chi connectivity index (χ0) is 22.3. The fourth-order valence-corrected chi connectivity index (χ4v) is 3.17. The molecule has 1 unspecified atom stereocenters. The van der Waals surface area contributed by atoms with E-state index in [4.69, 9.17) is 9.47 Å². The molecule has 8 heteroatoms. The molecule has 1 fully saturated rings. The van der Waals surface area contributed by atoms with Crippen LogP contribution in [0.25, 0.3) is 0 Å². The molecule has 0 radical (unpaired) electrons. The first-order valence-corrected chi connectivity index (χ1v) is 9.86. The highest BCUT2D eigenvalue weighted by molar-refractivity contribution is 5.98. The molecule has 30 heavy (non-hydrogen) atoms. The number of anilines is 1. The Morgan fingerprint density at radius 1 is 1.10 bits per heavy atom. The first-order valence-electron chi connectivity index (χ1n) is 9.86. The number of benzene rings is 1. The Balaban J connectivity index is 2.07. The highest BCUT2D eigenvalue weighted by Crippen LogP contribution is 2.29. The number of hydrogen-bond acceptors (Lipinski definition) is 7. The summed E-state index contributed by atoms with van der Waals surface area (Å²) in [5, 5.41) is 2.88. The molecule has 1 aliphatic heterocycles. The number of piperidine rings is 1. The van der Waals surface area contributed by atoms with E-state index in [9.17, 15) is 14.4 Å². The lowest BCUT2D eigenvalue weighted by atomic mass is 9.90. The molecule has 8 nitrogen and oxygen atoms in total. The van der Waals surface area contributed by atoms with E-state index in [2.05, 4.69) is 10.1 Å². The fraction of sp³-hybridized carbons (Fsp3) is 0.500. The molecule has 2 rings (SSSR count). The van der Waals surface area contributed by atoms with Crippen LogP contribution in [-0.4, -0.2) is 55.8 Å². The minimum Gasteiger partial charge on any atom is -0.466 e. The van der Waals surface area contributed by atoms with E-state index >= 15 is 0 Å². The van der Waals surface area contributed by atoms with Gasteiger partial charge in [0, 0.05) is 24.7 Å². The molecule has 0 saturated carbocycles. The lowest BCUT2D eigenvalue weighted by Gasteiger charge is -2.34. The van der Waals surface area contributed by atoms with Crippen molar-refractivity contribution in [3.05, 3.63) is 41.6 Å². The maximum Gasteiger partial charge on any atom is 0.410 e. The van der Waals surface area contributed by atoms with Crippen LogP contribution in [0.3, 0.4) is 0 Å². The van der Waals surface area contributed by atoms with Gasteiger partial charge < -0.3 is 24.4 Å². The lowest BCUT2D eigenvalue weighted by Crippen LogP contribution is -2.42. The number of carbonyl (C=O) groups is 3. The summed E-state index contributed by atoms with van der Waals surface area (Å²) in [5.41, 5.74) is 1.17. The van der Waals surface area contributed by atoms with Crippen LogP contribution < -0.4 is 5.32 Å². The standard InChI is InChI=1S/C22H30N2O6/c1-22(2,3)30-21(27)24-12-6-7-16(14-24)15-8-10-17(11-9-15)23-18(20(26)29-5)13-19(25)28-4/h8-11,13,16,23H,6-7,12,14H2,1-5H3/b18-13+. The largest absolute Gasteiger partial charge is 0.466 e. The molecule has 0 aliphatic carbocycles. The zero-order valence-corrected chi connectivity index (χ0v) is 18.2. The van der Waals surface area contributed by atoms with E-state index in [1.165, 1.54) is 14.2 Å². The monoisotopic (exact) mass is 418 g/mol. The van der Waals surface area contributed by atoms with Gasteiger partial charge in [0.25, 0.3) is 0 Å². The number of carbonyl (C=O) groups excluding carboxylic acids is 3. The van der Waals surface area contributed by atoms with Crippen LogP contribution >= 0.6 is 0 Å². The van der Waals surface area contributed by atoms with Gasteiger partial charge in [0.15, 0.2) is 0 Å². The second-order valence-electron chi connectivity index (χ2n) is 8.09. The minimum absolute atomic E-state index is 0.0223. The van der Waals surface area contributed by atoms with Gasteiger partial charge in [0.1, 0.15) is 11.3 Å². The van der Waals surface area contributed by atoms with Crippen LogP contribution in [0.2, 0.25) is 0 Å². The number of hydrogen-bond donors (Lipinski definition) is 1. The van der Waals surface area contributed by atoms with Crippen LogP contribution in [0, 0.1) is 0 Å². The summed E-state index contributed by atoms with van der Waals surface area (Å²) in [5.74, 6) is -1.14. The smallest absolute Gasteiger partial charge is 0.410 e. The van der Waals surface area contributed by atoms with Crippen LogP contribution in [0.5, 0.6) is 0 Å². The van der Waals surface area contributed by atoms with Crippen molar-refractivity contribution >= 4 is 23.7 Å². The summed E-state index contributed by atoms with van der Waals surface area (Å²) in [6.07, 6.45) is 2.63. The molecule has 1 aliphatic rings. The number of ether oxygens (including phenoxy) is 3. The molecular formula is C22H30N2O6. The number of methoxy groups -OCH3 is 2. The number of esters is 2. The average molecular weight is 418 g/mol. The van der Waals surface area contributed by atoms with Gasteiger partial charge in [-0.05, 0) is 51.3 Å². The zero-order valence-electron chi connectivity index (χ0n) is 18.2. The topological polar surface area (TPSA) is 94.2 Å². The van der Waals surface area contributed by atoms with E-state index in [0.717, 1.165) is 24.5 Å². The van der Waals surface area contributed by atoms with Crippen molar-refractivity contribution in [2.75, 3.05) is 32.6 Å². The Bertz CT molecular complexity index is 795. The maximum atomic E-state index is 12.4. The number of rotatable bonds is 5. The first kappa shape index (κ1) is 23.3. The molecule has 1 N–H and O–H groups in total. The Morgan fingerprint density at radius 2 is 1.77 bits per heavy atom. The molecule has 0 bridgehead atoms. The van der Waals surface area contributed by atoms with Crippen molar-refractivity contribution in [1.82, 2.24) is 4.90 Å². The number of nitrogens with one attached hydrogen (secondary N) is 1. The molecule has 1 aromatic carbocycles. The van der Waals surface area contributed by atoms with Gasteiger partial charge in [-0.2, -0.15) is 0 Å². The predicted molar refractivity (Wildman–Crippen MR) is 112 cm³/mol. The van der Waals surface area contributed by atoms with Gasteiger partial charge in [0.05, 0.1) is 20.3 Å². The van der Waals surface area contributed by atoms with E-state index < -0.39 is 17.5 Å². The molecular weight excluding hydrogens is 388 g/mol. The van der Waals surface area contributed by atoms with Crippen molar-refractivity contribution in [1.29, 1.82) is 0 Å². The Kier molecular flexibility index (Phi) is 7.86. The molecule has 1 amide bonds. The van der Waals surface area contributed by atoms with Crippen molar-refractivity contribution in [3.8, 4) is 0 Å². The van der Waals surface area contributed by atoms with Crippen LogP contribution in [-0.2, 0) is 23.8 Å². The summed E-state index contributed by atoms with van der Waals surface area (Å²) in [7, 11) is 2.46. The highest BCUT2D eigenvalue weighted by Gasteiger charge is 2.28. The van der Waals surface area contributed by atoms with E-state index in [1.807, 2.05) is 45.0 Å². The van der Waals surface area contributed by atoms with E-state index in [0.29, 0.717) is 18.8 Å². The fourth-order valence-electron chi connectivity index (χ4n) is 3.17. The molecule has 1 saturated heterocycles. The molecule has 0 spiro atoms. The van der Waals surface area contributed by atoms with Crippen molar-refractivity contribution in [3.63, 3.8) is 0 Å². The van der Waals surface area contributed by atoms with E-state index in [-0.39, 0.29) is 17.7 Å². The molecule has 1 atom stereocenters. The maximum absolute atomic E-state index is 12.4. The van der Waals surface area contributed by atoms with Crippen molar-refractivity contribution in [2.45, 2.75) is 45.1 Å². The van der Waals surface area contributed by atoms with Gasteiger partial charge in [-0.3, -0.25) is 0 Å². The number of nitrogens with zero attached hydrogens (tertiary/aromatic N) is 1. The molecule has 164 valence electrons.